The summed E-state index contributed by atoms with van der Waals surface area (Å²) in [6.07, 6.45) is 0. The average molecular weight is 349 g/mol. The third-order valence-corrected chi connectivity index (χ3v) is 4.44. The summed E-state index contributed by atoms with van der Waals surface area (Å²) in [5.41, 5.74) is 6.30. The molecule has 2 nitrogen and oxygen atoms in total. The Labute approximate surface area is 137 Å². The Morgan fingerprint density at radius 1 is 1.00 bits per heavy atom. The first-order chi connectivity index (χ1) is 9.56. The van der Waals surface area contributed by atoms with E-state index in [9.17, 15) is 0 Å². The SMILES string of the molecule is Nc1ccc(SCCOc2ccc(Cl)cc2Cl)c(Cl)c1. The Morgan fingerprint density at radius 2 is 1.80 bits per heavy atom. The zero-order valence-electron chi connectivity index (χ0n) is 10.4. The lowest BCUT2D eigenvalue weighted by molar-refractivity contribution is 0.344. The normalized spacial score (nSPS) is 10.6. The highest BCUT2D eigenvalue weighted by Gasteiger charge is 2.04. The third kappa shape index (κ3) is 4.38. The van der Waals surface area contributed by atoms with Gasteiger partial charge in [-0.15, -0.1) is 11.8 Å². The quantitative estimate of drug-likeness (QED) is 0.446. The number of halogens is 3. The van der Waals surface area contributed by atoms with Gasteiger partial charge < -0.3 is 10.5 Å². The fraction of sp³-hybridized carbons (Fsp3) is 0.143. The molecule has 0 saturated heterocycles. The predicted octanol–water partition coefficient (Wildman–Crippen LogP) is 5.40. The highest BCUT2D eigenvalue weighted by atomic mass is 35.5. The van der Waals surface area contributed by atoms with Gasteiger partial charge in [-0.2, -0.15) is 0 Å². The first kappa shape index (κ1) is 15.6. The fourth-order valence-electron chi connectivity index (χ4n) is 1.53. The molecule has 20 heavy (non-hydrogen) atoms. The molecule has 0 fully saturated rings. The second-order valence-corrected chi connectivity index (χ2v) is 6.35. The van der Waals surface area contributed by atoms with Crippen molar-refractivity contribution in [2.75, 3.05) is 18.1 Å². The molecule has 0 radical (unpaired) electrons. The van der Waals surface area contributed by atoms with Crippen LogP contribution in [0.5, 0.6) is 5.75 Å². The molecular weight excluding hydrogens is 337 g/mol. The molecular formula is C14H12Cl3NOS. The molecule has 2 N–H and O–H groups in total. The molecule has 0 aliphatic carbocycles. The van der Waals surface area contributed by atoms with E-state index in [1.807, 2.05) is 12.1 Å². The lowest BCUT2D eigenvalue weighted by Crippen LogP contribution is -2.00. The first-order valence-corrected chi connectivity index (χ1v) is 7.94. The maximum atomic E-state index is 6.09. The Morgan fingerprint density at radius 3 is 2.50 bits per heavy atom. The third-order valence-electron chi connectivity index (χ3n) is 2.45. The van der Waals surface area contributed by atoms with Gasteiger partial charge in [-0.05, 0) is 36.4 Å². The zero-order valence-corrected chi connectivity index (χ0v) is 13.5. The van der Waals surface area contributed by atoms with Crippen molar-refractivity contribution in [3.8, 4) is 5.75 Å². The van der Waals surface area contributed by atoms with Crippen molar-refractivity contribution >= 4 is 52.3 Å². The van der Waals surface area contributed by atoms with Crippen molar-refractivity contribution in [3.05, 3.63) is 51.5 Å². The van der Waals surface area contributed by atoms with Crippen molar-refractivity contribution in [1.29, 1.82) is 0 Å². The van der Waals surface area contributed by atoms with Crippen LogP contribution >= 0.6 is 46.6 Å². The Kier molecular flexibility index (Phi) is 5.73. The van der Waals surface area contributed by atoms with Crippen LogP contribution in [0.25, 0.3) is 0 Å². The topological polar surface area (TPSA) is 35.2 Å². The van der Waals surface area contributed by atoms with Crippen LogP contribution in [0.2, 0.25) is 15.1 Å². The number of hydrogen-bond donors (Lipinski definition) is 1. The lowest BCUT2D eigenvalue weighted by atomic mass is 10.3. The molecule has 0 atom stereocenters. The van der Waals surface area contributed by atoms with Gasteiger partial charge in [0.15, 0.2) is 0 Å². The van der Waals surface area contributed by atoms with E-state index in [-0.39, 0.29) is 0 Å². The molecule has 0 bridgehead atoms. The van der Waals surface area contributed by atoms with Crippen molar-refractivity contribution in [1.82, 2.24) is 0 Å². The number of rotatable bonds is 5. The number of ether oxygens (including phenoxy) is 1. The van der Waals surface area contributed by atoms with Gasteiger partial charge in [-0.25, -0.2) is 0 Å². The average Bonchev–Trinajstić information content (AvgIpc) is 2.39. The minimum atomic E-state index is 0.507. The van der Waals surface area contributed by atoms with Gasteiger partial charge in [0, 0.05) is 21.4 Å². The molecule has 6 heteroatoms. The maximum Gasteiger partial charge on any atom is 0.138 e. The van der Waals surface area contributed by atoms with E-state index >= 15 is 0 Å². The smallest absolute Gasteiger partial charge is 0.138 e. The second kappa shape index (κ2) is 7.32. The van der Waals surface area contributed by atoms with Crippen molar-refractivity contribution in [2.24, 2.45) is 0 Å². The summed E-state index contributed by atoms with van der Waals surface area (Å²) in [5.74, 6) is 1.38. The van der Waals surface area contributed by atoms with Gasteiger partial charge in [0.1, 0.15) is 5.75 Å². The van der Waals surface area contributed by atoms with E-state index in [1.165, 1.54) is 0 Å². The Bertz CT molecular complexity index is 553. The fourth-order valence-corrected chi connectivity index (χ4v) is 3.09. The molecule has 106 valence electrons. The number of hydrogen-bond acceptors (Lipinski definition) is 3. The molecule has 0 aromatic heterocycles. The number of thioether (sulfide) groups is 1. The van der Waals surface area contributed by atoms with E-state index in [1.54, 1.807) is 36.0 Å². The number of benzene rings is 2. The molecule has 0 amide bonds. The van der Waals surface area contributed by atoms with Crippen molar-refractivity contribution < 1.29 is 4.74 Å². The van der Waals surface area contributed by atoms with E-state index in [0.29, 0.717) is 33.1 Å². The largest absolute Gasteiger partial charge is 0.491 e. The summed E-state index contributed by atoms with van der Waals surface area (Å²) in [7, 11) is 0. The van der Waals surface area contributed by atoms with Gasteiger partial charge in [0.25, 0.3) is 0 Å². The van der Waals surface area contributed by atoms with Gasteiger partial charge in [-0.3, -0.25) is 0 Å². The van der Waals surface area contributed by atoms with Gasteiger partial charge in [0.2, 0.25) is 0 Å². The molecule has 2 aromatic carbocycles. The molecule has 0 aliphatic heterocycles. The van der Waals surface area contributed by atoms with Crippen LogP contribution in [0.3, 0.4) is 0 Å². The van der Waals surface area contributed by atoms with E-state index in [0.717, 1.165) is 10.6 Å². The van der Waals surface area contributed by atoms with Crippen LogP contribution in [0.4, 0.5) is 5.69 Å². The highest BCUT2D eigenvalue weighted by molar-refractivity contribution is 7.99. The van der Waals surface area contributed by atoms with E-state index in [2.05, 4.69) is 0 Å². The van der Waals surface area contributed by atoms with Gasteiger partial charge in [-0.1, -0.05) is 34.8 Å². The molecule has 2 aromatic rings. The molecule has 0 saturated carbocycles. The summed E-state index contributed by atoms with van der Waals surface area (Å²) in [5, 5.41) is 1.75. The summed E-state index contributed by atoms with van der Waals surface area (Å²) in [4.78, 5) is 0.978. The van der Waals surface area contributed by atoms with Gasteiger partial charge >= 0.3 is 0 Å². The van der Waals surface area contributed by atoms with Crippen LogP contribution < -0.4 is 10.5 Å². The van der Waals surface area contributed by atoms with Crippen LogP contribution in [0.1, 0.15) is 0 Å². The zero-order chi connectivity index (χ0) is 14.5. The van der Waals surface area contributed by atoms with E-state index < -0.39 is 0 Å². The molecule has 0 heterocycles. The lowest BCUT2D eigenvalue weighted by Gasteiger charge is -2.09. The van der Waals surface area contributed by atoms with Crippen LogP contribution in [0.15, 0.2) is 41.3 Å². The van der Waals surface area contributed by atoms with Crippen LogP contribution in [-0.2, 0) is 0 Å². The van der Waals surface area contributed by atoms with Gasteiger partial charge in [0.05, 0.1) is 16.7 Å². The predicted molar refractivity (Wildman–Crippen MR) is 88.5 cm³/mol. The molecule has 0 aliphatic rings. The highest BCUT2D eigenvalue weighted by Crippen LogP contribution is 2.30. The summed E-state index contributed by atoms with van der Waals surface area (Å²) >= 11 is 19.5. The van der Waals surface area contributed by atoms with Crippen molar-refractivity contribution in [2.45, 2.75) is 4.90 Å². The molecule has 2 rings (SSSR count). The Balaban J connectivity index is 1.84. The standard InChI is InChI=1S/C14H12Cl3NOS/c15-9-1-3-13(11(16)7-9)19-5-6-20-14-4-2-10(18)8-12(14)17/h1-4,7-8H,5-6,18H2. The second-order valence-electron chi connectivity index (χ2n) is 3.96. The Hall–Kier alpha value is -0.740. The minimum absolute atomic E-state index is 0.507. The minimum Gasteiger partial charge on any atom is -0.491 e. The summed E-state index contributed by atoms with van der Waals surface area (Å²) in [6, 6.07) is 10.6. The first-order valence-electron chi connectivity index (χ1n) is 5.82. The van der Waals surface area contributed by atoms with Crippen molar-refractivity contribution in [3.63, 3.8) is 0 Å². The number of nitrogens with two attached hydrogens (primary N) is 1. The maximum absolute atomic E-state index is 6.09. The molecule has 0 unspecified atom stereocenters. The summed E-state index contributed by atoms with van der Waals surface area (Å²) in [6.45, 7) is 0.521. The van der Waals surface area contributed by atoms with Crippen LogP contribution in [-0.4, -0.2) is 12.4 Å². The molecule has 0 spiro atoms. The summed E-state index contributed by atoms with van der Waals surface area (Å²) < 4.78 is 5.60. The number of anilines is 1. The monoisotopic (exact) mass is 347 g/mol. The number of nitrogen functional groups attached to an aromatic ring is 1. The van der Waals surface area contributed by atoms with E-state index in [4.69, 9.17) is 45.3 Å². The van der Waals surface area contributed by atoms with Crippen LogP contribution in [0, 0.1) is 0 Å².